The van der Waals surface area contributed by atoms with E-state index < -0.39 is 20.9 Å². The van der Waals surface area contributed by atoms with Crippen LogP contribution in [0, 0.1) is 5.82 Å². The summed E-state index contributed by atoms with van der Waals surface area (Å²) in [5.41, 5.74) is 0.547. The van der Waals surface area contributed by atoms with Crippen LogP contribution >= 0.6 is 0 Å². The highest BCUT2D eigenvalue weighted by molar-refractivity contribution is 7.92. The minimum absolute atomic E-state index is 0.120. The third kappa shape index (κ3) is 3.72. The van der Waals surface area contributed by atoms with Gasteiger partial charge in [0.2, 0.25) is 0 Å². The van der Waals surface area contributed by atoms with Gasteiger partial charge >= 0.3 is 0 Å². The Kier molecular flexibility index (Phi) is 5.27. The maximum atomic E-state index is 13.0. The van der Waals surface area contributed by atoms with Gasteiger partial charge in [0.05, 0.1) is 17.3 Å². The highest BCUT2D eigenvalue weighted by Crippen LogP contribution is 2.25. The van der Waals surface area contributed by atoms with E-state index in [9.17, 15) is 17.6 Å². The Morgan fingerprint density at radius 3 is 2.15 bits per heavy atom. The monoisotopic (exact) mass is 377 g/mol. The van der Waals surface area contributed by atoms with Crippen LogP contribution in [0.15, 0.2) is 53.4 Å². The lowest BCUT2D eigenvalue weighted by Crippen LogP contribution is -2.42. The Morgan fingerprint density at radius 1 is 1.04 bits per heavy atom. The Morgan fingerprint density at radius 2 is 1.62 bits per heavy atom. The summed E-state index contributed by atoms with van der Waals surface area (Å²) in [5.74, 6) is 0.0831. The predicted molar refractivity (Wildman–Crippen MR) is 95.5 cm³/mol. The second kappa shape index (κ2) is 7.45. The van der Waals surface area contributed by atoms with Crippen molar-refractivity contribution in [1.82, 2.24) is 4.90 Å². The molecule has 3 rings (SSSR count). The summed E-state index contributed by atoms with van der Waals surface area (Å²) in [5, 5.41) is -0.562. The number of carbonyl (C=O) groups excluding carboxylic acids is 1. The van der Waals surface area contributed by atoms with E-state index in [0.717, 1.165) is 12.1 Å². The molecule has 0 unspecified atom stereocenters. The van der Waals surface area contributed by atoms with Crippen LogP contribution in [0.3, 0.4) is 0 Å². The molecule has 5 nitrogen and oxygen atoms in total. The van der Waals surface area contributed by atoms with E-state index in [0.29, 0.717) is 37.2 Å². The lowest BCUT2D eigenvalue weighted by atomic mass is 10.1. The van der Waals surface area contributed by atoms with Crippen LogP contribution in [0.4, 0.5) is 4.39 Å². The smallest absolute Gasteiger partial charge is 0.253 e. The second-order valence-corrected chi connectivity index (χ2v) is 8.45. The van der Waals surface area contributed by atoms with Crippen molar-refractivity contribution in [3.63, 3.8) is 0 Å². The molecule has 1 aliphatic heterocycles. The first kappa shape index (κ1) is 18.4. The molecule has 1 aliphatic rings. The van der Waals surface area contributed by atoms with Crippen LogP contribution in [-0.2, 0) is 9.84 Å². The van der Waals surface area contributed by atoms with Gasteiger partial charge < -0.3 is 9.64 Å². The number of sulfone groups is 1. The molecule has 1 heterocycles. The fourth-order valence-corrected chi connectivity index (χ4v) is 4.83. The first-order valence-corrected chi connectivity index (χ1v) is 9.89. The lowest BCUT2D eigenvalue weighted by molar-refractivity contribution is 0.0725. The molecule has 1 amide bonds. The van der Waals surface area contributed by atoms with Crippen molar-refractivity contribution in [1.29, 1.82) is 0 Å². The number of amides is 1. The summed E-state index contributed by atoms with van der Waals surface area (Å²) < 4.78 is 43.5. The van der Waals surface area contributed by atoms with E-state index in [4.69, 9.17) is 4.74 Å². The Labute approximate surface area is 152 Å². The molecule has 0 radical (unpaired) electrons. The maximum Gasteiger partial charge on any atom is 0.253 e. The molecule has 2 aromatic rings. The first-order valence-electron chi connectivity index (χ1n) is 8.34. The summed E-state index contributed by atoms with van der Waals surface area (Å²) >= 11 is 0. The van der Waals surface area contributed by atoms with Crippen molar-refractivity contribution >= 4 is 15.7 Å². The number of benzene rings is 2. The van der Waals surface area contributed by atoms with E-state index in [2.05, 4.69) is 0 Å². The summed E-state index contributed by atoms with van der Waals surface area (Å²) in [6.07, 6.45) is 0.725. The third-order valence-corrected chi connectivity index (χ3v) is 6.93. The number of hydrogen-bond acceptors (Lipinski definition) is 4. The van der Waals surface area contributed by atoms with Crippen molar-refractivity contribution in [3.8, 4) is 5.75 Å². The SMILES string of the molecule is COc1ccc(C(=O)N2CCC(S(=O)(=O)c3ccc(F)cc3)CC2)cc1. The number of carbonyl (C=O) groups is 1. The van der Waals surface area contributed by atoms with Crippen LogP contribution in [0.1, 0.15) is 23.2 Å². The van der Waals surface area contributed by atoms with E-state index in [1.54, 1.807) is 36.3 Å². The minimum Gasteiger partial charge on any atom is -0.497 e. The molecule has 0 aliphatic carbocycles. The maximum absolute atomic E-state index is 13.0. The van der Waals surface area contributed by atoms with Crippen molar-refractivity contribution in [2.45, 2.75) is 23.0 Å². The zero-order chi connectivity index (χ0) is 18.7. The van der Waals surface area contributed by atoms with Gasteiger partial charge in [-0.25, -0.2) is 12.8 Å². The quantitative estimate of drug-likeness (QED) is 0.769. The Balaban J connectivity index is 1.66. The van der Waals surface area contributed by atoms with Gasteiger partial charge in [-0.15, -0.1) is 0 Å². The Hall–Kier alpha value is -2.41. The lowest BCUT2D eigenvalue weighted by Gasteiger charge is -2.31. The van der Waals surface area contributed by atoms with Crippen molar-refractivity contribution in [2.75, 3.05) is 20.2 Å². The molecular formula is C19H20FNO4S. The van der Waals surface area contributed by atoms with Crippen LogP contribution in [0.5, 0.6) is 5.75 Å². The molecule has 0 atom stereocenters. The van der Waals surface area contributed by atoms with Gasteiger partial charge in [0, 0.05) is 18.7 Å². The zero-order valence-electron chi connectivity index (χ0n) is 14.4. The largest absolute Gasteiger partial charge is 0.497 e. The van der Waals surface area contributed by atoms with Crippen LogP contribution < -0.4 is 4.74 Å². The summed E-state index contributed by atoms with van der Waals surface area (Å²) in [7, 11) is -1.96. The molecule has 0 aromatic heterocycles. The number of methoxy groups -OCH3 is 1. The number of piperidine rings is 1. The van der Waals surface area contributed by atoms with Crippen molar-refractivity contribution < 1.29 is 22.3 Å². The normalized spacial score (nSPS) is 15.7. The van der Waals surface area contributed by atoms with Crippen molar-refractivity contribution in [3.05, 3.63) is 59.9 Å². The average molecular weight is 377 g/mol. The molecular weight excluding hydrogens is 357 g/mol. The molecule has 7 heteroatoms. The number of rotatable bonds is 4. The minimum atomic E-state index is -3.52. The molecule has 138 valence electrons. The highest BCUT2D eigenvalue weighted by atomic mass is 32.2. The van der Waals surface area contributed by atoms with Crippen LogP contribution in [-0.4, -0.2) is 44.7 Å². The number of halogens is 1. The van der Waals surface area contributed by atoms with Gasteiger partial charge in [0.15, 0.2) is 9.84 Å². The zero-order valence-corrected chi connectivity index (χ0v) is 15.2. The highest BCUT2D eigenvalue weighted by Gasteiger charge is 2.32. The topological polar surface area (TPSA) is 63.7 Å². The van der Waals surface area contributed by atoms with Gasteiger partial charge in [0.25, 0.3) is 5.91 Å². The molecule has 1 saturated heterocycles. The summed E-state index contributed by atoms with van der Waals surface area (Å²) in [6, 6.07) is 11.7. The summed E-state index contributed by atoms with van der Waals surface area (Å²) in [4.78, 5) is 14.3. The number of ether oxygens (including phenoxy) is 1. The molecule has 0 N–H and O–H groups in total. The molecule has 1 fully saturated rings. The molecule has 0 bridgehead atoms. The van der Waals surface area contributed by atoms with Crippen molar-refractivity contribution in [2.24, 2.45) is 0 Å². The predicted octanol–water partition coefficient (Wildman–Crippen LogP) is 2.91. The van der Waals surface area contributed by atoms with Gasteiger partial charge in [-0.2, -0.15) is 0 Å². The molecule has 0 spiro atoms. The van der Waals surface area contributed by atoms with Gasteiger partial charge in [-0.1, -0.05) is 0 Å². The van der Waals surface area contributed by atoms with Gasteiger partial charge in [0.1, 0.15) is 11.6 Å². The summed E-state index contributed by atoms with van der Waals surface area (Å²) in [6.45, 7) is 0.742. The average Bonchev–Trinajstić information content (AvgIpc) is 2.68. The number of likely N-dealkylation sites (tertiary alicyclic amines) is 1. The van der Waals surface area contributed by atoms with E-state index in [1.165, 1.54) is 12.1 Å². The standard InChI is InChI=1S/C19H20FNO4S/c1-25-16-6-2-14(3-7-16)19(22)21-12-10-18(11-13-21)26(23,24)17-8-4-15(20)5-9-17/h2-9,18H,10-13H2,1H3. The van der Waals surface area contributed by atoms with Gasteiger partial charge in [-0.3, -0.25) is 4.79 Å². The molecule has 2 aromatic carbocycles. The van der Waals surface area contributed by atoms with E-state index in [-0.39, 0.29) is 10.8 Å². The van der Waals surface area contributed by atoms with E-state index >= 15 is 0 Å². The second-order valence-electron chi connectivity index (χ2n) is 6.22. The van der Waals surface area contributed by atoms with Gasteiger partial charge in [-0.05, 0) is 61.4 Å². The third-order valence-electron chi connectivity index (χ3n) is 4.65. The fourth-order valence-electron chi connectivity index (χ4n) is 3.10. The van der Waals surface area contributed by atoms with E-state index in [1.807, 2.05) is 0 Å². The number of hydrogen-bond donors (Lipinski definition) is 0. The molecule has 26 heavy (non-hydrogen) atoms. The molecule has 0 saturated carbocycles. The first-order chi connectivity index (χ1) is 12.4. The van der Waals surface area contributed by atoms with Crippen LogP contribution in [0.2, 0.25) is 0 Å². The number of nitrogens with zero attached hydrogens (tertiary/aromatic N) is 1. The Bertz CT molecular complexity index is 871. The fraction of sp³-hybridized carbons (Fsp3) is 0.316. The van der Waals surface area contributed by atoms with Crippen LogP contribution in [0.25, 0.3) is 0 Å².